The second kappa shape index (κ2) is 6.88. The molecule has 1 fully saturated rings. The fraction of sp³-hybridized carbons (Fsp3) is 0.923. The van der Waals surface area contributed by atoms with E-state index in [4.69, 9.17) is 5.26 Å². The zero-order valence-corrected chi connectivity index (χ0v) is 10.9. The zero-order chi connectivity index (χ0) is 12.0. The summed E-state index contributed by atoms with van der Waals surface area (Å²) in [6.07, 6.45) is 5.20. The van der Waals surface area contributed by atoms with Gasteiger partial charge in [0.2, 0.25) is 0 Å². The van der Waals surface area contributed by atoms with E-state index in [-0.39, 0.29) is 5.92 Å². The van der Waals surface area contributed by atoms with E-state index in [0.29, 0.717) is 12.1 Å². The summed E-state index contributed by atoms with van der Waals surface area (Å²) < 4.78 is 0. The lowest BCUT2D eigenvalue weighted by Crippen LogP contribution is -2.41. The molecule has 0 bridgehead atoms. The maximum Gasteiger partial charge on any atom is 0.0666 e. The van der Waals surface area contributed by atoms with Crippen molar-refractivity contribution in [1.82, 2.24) is 10.2 Å². The third-order valence-corrected chi connectivity index (χ3v) is 3.57. The topological polar surface area (TPSA) is 39.1 Å². The molecular formula is C13H25N3. The van der Waals surface area contributed by atoms with Crippen molar-refractivity contribution in [3.8, 4) is 6.07 Å². The van der Waals surface area contributed by atoms with Crippen LogP contribution in [-0.4, -0.2) is 37.1 Å². The van der Waals surface area contributed by atoms with Crippen LogP contribution in [0.5, 0.6) is 0 Å². The summed E-state index contributed by atoms with van der Waals surface area (Å²) in [5.41, 5.74) is 0. The first-order chi connectivity index (χ1) is 7.63. The van der Waals surface area contributed by atoms with Gasteiger partial charge < -0.3 is 10.2 Å². The Morgan fingerprint density at radius 3 is 2.75 bits per heavy atom. The Morgan fingerprint density at radius 2 is 2.19 bits per heavy atom. The van der Waals surface area contributed by atoms with Crippen LogP contribution in [0.4, 0.5) is 0 Å². The molecule has 0 aromatic carbocycles. The molecule has 0 amide bonds. The van der Waals surface area contributed by atoms with E-state index in [9.17, 15) is 0 Å². The quantitative estimate of drug-likeness (QED) is 0.775. The van der Waals surface area contributed by atoms with Crippen LogP contribution in [0.15, 0.2) is 0 Å². The summed E-state index contributed by atoms with van der Waals surface area (Å²) in [6.45, 7) is 6.31. The zero-order valence-electron chi connectivity index (χ0n) is 10.9. The Kier molecular flexibility index (Phi) is 5.79. The monoisotopic (exact) mass is 223 g/mol. The summed E-state index contributed by atoms with van der Waals surface area (Å²) in [4.78, 5) is 2.31. The second-order valence-corrected chi connectivity index (χ2v) is 5.20. The Labute approximate surface area is 99.8 Å². The van der Waals surface area contributed by atoms with Gasteiger partial charge in [0.1, 0.15) is 0 Å². The molecule has 16 heavy (non-hydrogen) atoms. The first-order valence-electron chi connectivity index (χ1n) is 6.46. The molecule has 3 unspecified atom stereocenters. The predicted molar refractivity (Wildman–Crippen MR) is 67.1 cm³/mol. The van der Waals surface area contributed by atoms with Gasteiger partial charge in [-0.1, -0.05) is 6.42 Å². The van der Waals surface area contributed by atoms with E-state index >= 15 is 0 Å². The first kappa shape index (κ1) is 13.5. The number of nitriles is 1. The smallest absolute Gasteiger partial charge is 0.0666 e. The molecule has 0 saturated carbocycles. The summed E-state index contributed by atoms with van der Waals surface area (Å²) in [6, 6.07) is 3.54. The normalized spacial score (nSPS) is 25.1. The highest BCUT2D eigenvalue weighted by Gasteiger charge is 2.19. The standard InChI is InChI=1S/C13H25N3/c1-11(9-14)10-16(3)12(2)8-13-6-4-5-7-15-13/h11-13,15H,4-8,10H2,1-3H3. The van der Waals surface area contributed by atoms with E-state index in [1.807, 2.05) is 6.92 Å². The van der Waals surface area contributed by atoms with Crippen molar-refractivity contribution in [3.63, 3.8) is 0 Å². The number of nitrogens with one attached hydrogen (secondary N) is 1. The molecule has 3 heteroatoms. The number of hydrogen-bond donors (Lipinski definition) is 1. The van der Waals surface area contributed by atoms with E-state index in [0.717, 1.165) is 6.54 Å². The van der Waals surface area contributed by atoms with Crippen molar-refractivity contribution in [2.45, 2.75) is 51.6 Å². The van der Waals surface area contributed by atoms with Crippen LogP contribution in [0.3, 0.4) is 0 Å². The van der Waals surface area contributed by atoms with Crippen LogP contribution in [0.25, 0.3) is 0 Å². The van der Waals surface area contributed by atoms with Crippen molar-refractivity contribution in [3.05, 3.63) is 0 Å². The minimum Gasteiger partial charge on any atom is -0.314 e. The SMILES string of the molecule is CC(C#N)CN(C)C(C)CC1CCCCN1. The molecule has 0 aliphatic carbocycles. The van der Waals surface area contributed by atoms with Gasteiger partial charge in [-0.25, -0.2) is 0 Å². The van der Waals surface area contributed by atoms with Gasteiger partial charge in [-0.3, -0.25) is 0 Å². The van der Waals surface area contributed by atoms with Crippen LogP contribution in [0.2, 0.25) is 0 Å². The largest absolute Gasteiger partial charge is 0.314 e. The van der Waals surface area contributed by atoms with Gasteiger partial charge in [-0.2, -0.15) is 5.26 Å². The minimum absolute atomic E-state index is 0.131. The van der Waals surface area contributed by atoms with Crippen LogP contribution in [0, 0.1) is 17.2 Å². The van der Waals surface area contributed by atoms with Crippen molar-refractivity contribution in [2.24, 2.45) is 5.92 Å². The van der Waals surface area contributed by atoms with Crippen molar-refractivity contribution >= 4 is 0 Å². The molecule has 1 aliphatic rings. The number of piperidine rings is 1. The average Bonchev–Trinajstić information content (AvgIpc) is 2.30. The molecule has 3 atom stereocenters. The Bertz CT molecular complexity index is 228. The Morgan fingerprint density at radius 1 is 1.44 bits per heavy atom. The van der Waals surface area contributed by atoms with Gasteiger partial charge in [-0.15, -0.1) is 0 Å². The fourth-order valence-corrected chi connectivity index (χ4v) is 2.37. The minimum atomic E-state index is 0.131. The van der Waals surface area contributed by atoms with Gasteiger partial charge >= 0.3 is 0 Å². The lowest BCUT2D eigenvalue weighted by Gasteiger charge is -2.31. The highest BCUT2D eigenvalue weighted by Crippen LogP contribution is 2.14. The Hall–Kier alpha value is -0.590. The third-order valence-electron chi connectivity index (χ3n) is 3.57. The highest BCUT2D eigenvalue weighted by atomic mass is 15.1. The maximum atomic E-state index is 8.80. The van der Waals surface area contributed by atoms with Crippen molar-refractivity contribution in [2.75, 3.05) is 20.1 Å². The van der Waals surface area contributed by atoms with Gasteiger partial charge in [-0.05, 0) is 46.7 Å². The molecule has 1 N–H and O–H groups in total. The molecule has 92 valence electrons. The molecule has 1 heterocycles. The average molecular weight is 223 g/mol. The van der Waals surface area contributed by atoms with E-state index in [1.165, 1.54) is 32.2 Å². The lowest BCUT2D eigenvalue weighted by atomic mass is 9.98. The molecule has 0 spiro atoms. The number of nitrogens with zero attached hydrogens (tertiary/aromatic N) is 2. The second-order valence-electron chi connectivity index (χ2n) is 5.20. The molecule has 1 rings (SSSR count). The number of rotatable bonds is 5. The molecule has 1 aliphatic heterocycles. The fourth-order valence-electron chi connectivity index (χ4n) is 2.37. The summed E-state index contributed by atoms with van der Waals surface area (Å²) >= 11 is 0. The maximum absolute atomic E-state index is 8.80. The molecule has 0 radical (unpaired) electrons. The molecule has 0 aromatic heterocycles. The van der Waals surface area contributed by atoms with E-state index < -0.39 is 0 Å². The third kappa shape index (κ3) is 4.51. The van der Waals surface area contributed by atoms with Crippen LogP contribution < -0.4 is 5.32 Å². The summed E-state index contributed by atoms with van der Waals surface area (Å²) in [5, 5.41) is 12.4. The lowest BCUT2D eigenvalue weighted by molar-refractivity contribution is 0.205. The molecule has 1 saturated heterocycles. The van der Waals surface area contributed by atoms with Gasteiger partial charge in [0.15, 0.2) is 0 Å². The van der Waals surface area contributed by atoms with E-state index in [1.54, 1.807) is 0 Å². The van der Waals surface area contributed by atoms with Gasteiger partial charge in [0.25, 0.3) is 0 Å². The van der Waals surface area contributed by atoms with E-state index in [2.05, 4.69) is 30.3 Å². The summed E-state index contributed by atoms with van der Waals surface area (Å²) in [7, 11) is 2.13. The molecular weight excluding hydrogens is 198 g/mol. The molecule has 0 aromatic rings. The van der Waals surface area contributed by atoms with Crippen LogP contribution in [0.1, 0.15) is 39.5 Å². The van der Waals surface area contributed by atoms with Crippen molar-refractivity contribution in [1.29, 1.82) is 5.26 Å². The van der Waals surface area contributed by atoms with Gasteiger partial charge in [0, 0.05) is 18.6 Å². The van der Waals surface area contributed by atoms with Crippen molar-refractivity contribution < 1.29 is 0 Å². The Balaban J connectivity index is 2.27. The predicted octanol–water partition coefficient (Wildman–Crippen LogP) is 2.00. The molecule has 3 nitrogen and oxygen atoms in total. The number of hydrogen-bond acceptors (Lipinski definition) is 3. The van der Waals surface area contributed by atoms with Crippen LogP contribution >= 0.6 is 0 Å². The van der Waals surface area contributed by atoms with Crippen LogP contribution in [-0.2, 0) is 0 Å². The van der Waals surface area contributed by atoms with Gasteiger partial charge in [0.05, 0.1) is 12.0 Å². The first-order valence-corrected chi connectivity index (χ1v) is 6.46. The summed E-state index contributed by atoms with van der Waals surface area (Å²) in [5.74, 6) is 0.131. The highest BCUT2D eigenvalue weighted by molar-refractivity contribution is 4.83.